The Kier molecular flexibility index (Phi) is 6.60. The van der Waals surface area contributed by atoms with Crippen molar-refractivity contribution in [1.82, 2.24) is 15.5 Å². The molecular formula is C20H29ClN4O2. The van der Waals surface area contributed by atoms with Crippen LogP contribution in [0.2, 0.25) is 0 Å². The molecule has 2 aliphatic carbocycles. The monoisotopic (exact) mass is 392 g/mol. The van der Waals surface area contributed by atoms with Gasteiger partial charge in [0.05, 0.1) is 0 Å². The summed E-state index contributed by atoms with van der Waals surface area (Å²) in [4.78, 5) is 26.6. The number of carbonyl (C=O) groups excluding carboxylic acids is 2. The van der Waals surface area contributed by atoms with Crippen LogP contribution < -0.4 is 16.0 Å². The molecule has 1 aromatic rings. The van der Waals surface area contributed by atoms with Gasteiger partial charge in [0.1, 0.15) is 0 Å². The van der Waals surface area contributed by atoms with Gasteiger partial charge < -0.3 is 20.9 Å². The molecule has 3 amide bonds. The van der Waals surface area contributed by atoms with Gasteiger partial charge in [-0.1, -0.05) is 6.07 Å². The Hall–Kier alpha value is -1.79. The molecule has 2 saturated carbocycles. The van der Waals surface area contributed by atoms with E-state index in [-0.39, 0.29) is 24.3 Å². The molecule has 7 heteroatoms. The molecule has 0 aromatic heterocycles. The standard InChI is InChI=1S/C20H28N4O2.ClH/c25-19(24-10-8-16(9-11-24)21-13-14-4-5-14)15-2-1-3-18(12-15)23-20(26)22-17-6-7-17;/h1-3,12,14,16-17,21H,4-11,13H2,(H2,22,23,26);1H. The molecule has 4 rings (SSSR count). The van der Waals surface area contributed by atoms with E-state index in [1.165, 1.54) is 12.8 Å². The highest BCUT2D eigenvalue weighted by Crippen LogP contribution is 2.28. The van der Waals surface area contributed by atoms with Crippen LogP contribution in [0.1, 0.15) is 48.9 Å². The maximum Gasteiger partial charge on any atom is 0.319 e. The molecule has 148 valence electrons. The summed E-state index contributed by atoms with van der Waals surface area (Å²) in [5, 5.41) is 9.35. The van der Waals surface area contributed by atoms with E-state index in [1.807, 2.05) is 23.1 Å². The number of hydrogen-bond acceptors (Lipinski definition) is 3. The van der Waals surface area contributed by atoms with Gasteiger partial charge in [-0.3, -0.25) is 4.79 Å². The van der Waals surface area contributed by atoms with Crippen LogP contribution in [0.15, 0.2) is 24.3 Å². The molecule has 6 nitrogen and oxygen atoms in total. The van der Waals surface area contributed by atoms with Crippen LogP contribution in [-0.2, 0) is 0 Å². The van der Waals surface area contributed by atoms with Crippen LogP contribution in [-0.4, -0.2) is 48.6 Å². The van der Waals surface area contributed by atoms with Crippen LogP contribution >= 0.6 is 12.4 Å². The van der Waals surface area contributed by atoms with Crippen molar-refractivity contribution in [2.75, 3.05) is 25.0 Å². The lowest BCUT2D eigenvalue weighted by atomic mass is 10.0. The fraction of sp³-hybridized carbons (Fsp3) is 0.600. The first-order valence-corrected chi connectivity index (χ1v) is 9.87. The number of anilines is 1. The molecule has 3 fully saturated rings. The Labute approximate surface area is 166 Å². The summed E-state index contributed by atoms with van der Waals surface area (Å²) >= 11 is 0. The van der Waals surface area contributed by atoms with Crippen molar-refractivity contribution in [1.29, 1.82) is 0 Å². The fourth-order valence-corrected chi connectivity index (χ4v) is 3.43. The molecule has 3 N–H and O–H groups in total. The summed E-state index contributed by atoms with van der Waals surface area (Å²) in [6, 6.07) is 7.89. The fourth-order valence-electron chi connectivity index (χ4n) is 3.43. The van der Waals surface area contributed by atoms with Crippen LogP contribution in [0.4, 0.5) is 10.5 Å². The summed E-state index contributed by atoms with van der Waals surface area (Å²) in [5.74, 6) is 0.943. The smallest absolute Gasteiger partial charge is 0.319 e. The third kappa shape index (κ3) is 5.84. The zero-order chi connectivity index (χ0) is 17.9. The molecule has 0 unspecified atom stereocenters. The van der Waals surface area contributed by atoms with Gasteiger partial charge >= 0.3 is 6.03 Å². The predicted molar refractivity (Wildman–Crippen MR) is 109 cm³/mol. The molecule has 1 heterocycles. The normalized spacial score (nSPS) is 19.9. The molecule has 0 atom stereocenters. The highest BCUT2D eigenvalue weighted by atomic mass is 35.5. The maximum atomic E-state index is 12.8. The van der Waals surface area contributed by atoms with Crippen molar-refractivity contribution < 1.29 is 9.59 Å². The molecule has 3 aliphatic rings. The van der Waals surface area contributed by atoms with Crippen LogP contribution in [0.5, 0.6) is 0 Å². The van der Waals surface area contributed by atoms with Gasteiger partial charge in [-0.2, -0.15) is 0 Å². The lowest BCUT2D eigenvalue weighted by Crippen LogP contribution is -2.45. The average molecular weight is 393 g/mol. The Balaban J connectivity index is 0.00000210. The zero-order valence-corrected chi connectivity index (χ0v) is 16.4. The SMILES string of the molecule is Cl.O=C(Nc1cccc(C(=O)N2CCC(NCC3CC3)CC2)c1)NC1CC1. The first-order chi connectivity index (χ1) is 12.7. The number of piperidine rings is 1. The maximum absolute atomic E-state index is 12.8. The lowest BCUT2D eigenvalue weighted by molar-refractivity contribution is 0.0705. The van der Waals surface area contributed by atoms with E-state index in [0.717, 1.165) is 51.2 Å². The quantitative estimate of drug-likeness (QED) is 0.696. The number of nitrogens with one attached hydrogen (secondary N) is 3. The zero-order valence-electron chi connectivity index (χ0n) is 15.6. The summed E-state index contributed by atoms with van der Waals surface area (Å²) in [7, 11) is 0. The van der Waals surface area contributed by atoms with E-state index in [1.54, 1.807) is 6.07 Å². The summed E-state index contributed by atoms with van der Waals surface area (Å²) < 4.78 is 0. The molecular weight excluding hydrogens is 364 g/mol. The second-order valence-electron chi connectivity index (χ2n) is 7.87. The van der Waals surface area contributed by atoms with Gasteiger partial charge in [-0.15, -0.1) is 12.4 Å². The topological polar surface area (TPSA) is 73.5 Å². The Morgan fingerprint density at radius 1 is 1.00 bits per heavy atom. The summed E-state index contributed by atoms with van der Waals surface area (Å²) in [5.41, 5.74) is 1.30. The second-order valence-corrected chi connectivity index (χ2v) is 7.87. The number of likely N-dealkylation sites (tertiary alicyclic amines) is 1. The summed E-state index contributed by atoms with van der Waals surface area (Å²) in [6.45, 7) is 2.72. The average Bonchev–Trinajstić information content (AvgIpc) is 3.56. The van der Waals surface area contributed by atoms with E-state index in [2.05, 4.69) is 16.0 Å². The van der Waals surface area contributed by atoms with Gasteiger partial charge in [-0.25, -0.2) is 4.79 Å². The van der Waals surface area contributed by atoms with Gasteiger partial charge in [0.2, 0.25) is 0 Å². The highest BCUT2D eigenvalue weighted by molar-refractivity contribution is 5.97. The van der Waals surface area contributed by atoms with Gasteiger partial charge in [0.25, 0.3) is 5.91 Å². The van der Waals surface area contributed by atoms with Crippen molar-refractivity contribution in [2.45, 2.75) is 50.6 Å². The molecule has 1 aromatic carbocycles. The van der Waals surface area contributed by atoms with Crippen molar-refractivity contribution in [3.8, 4) is 0 Å². The van der Waals surface area contributed by atoms with Crippen LogP contribution in [0, 0.1) is 5.92 Å². The first-order valence-electron chi connectivity index (χ1n) is 9.87. The van der Waals surface area contributed by atoms with Gasteiger partial charge in [0.15, 0.2) is 0 Å². The number of urea groups is 1. The number of nitrogens with zero attached hydrogens (tertiary/aromatic N) is 1. The summed E-state index contributed by atoms with van der Waals surface area (Å²) in [6.07, 6.45) is 6.87. The van der Waals surface area contributed by atoms with E-state index < -0.39 is 0 Å². The van der Waals surface area contributed by atoms with E-state index in [0.29, 0.717) is 23.3 Å². The number of benzene rings is 1. The Morgan fingerprint density at radius 3 is 2.41 bits per heavy atom. The van der Waals surface area contributed by atoms with E-state index >= 15 is 0 Å². The van der Waals surface area contributed by atoms with Crippen LogP contribution in [0.25, 0.3) is 0 Å². The molecule has 0 radical (unpaired) electrons. The molecule has 1 saturated heterocycles. The van der Waals surface area contributed by atoms with Crippen molar-refractivity contribution in [2.24, 2.45) is 5.92 Å². The molecule has 0 spiro atoms. The van der Waals surface area contributed by atoms with Gasteiger partial charge in [0, 0.05) is 36.4 Å². The lowest BCUT2D eigenvalue weighted by Gasteiger charge is -2.32. The van der Waals surface area contributed by atoms with Crippen molar-refractivity contribution in [3.05, 3.63) is 29.8 Å². The first kappa shape index (κ1) is 20.0. The minimum atomic E-state index is -0.195. The van der Waals surface area contributed by atoms with Crippen molar-refractivity contribution in [3.63, 3.8) is 0 Å². The van der Waals surface area contributed by atoms with Crippen molar-refractivity contribution >= 4 is 30.0 Å². The predicted octanol–water partition coefficient (Wildman–Crippen LogP) is 3.00. The molecule has 0 bridgehead atoms. The van der Waals surface area contributed by atoms with E-state index in [9.17, 15) is 9.59 Å². The number of amides is 3. The minimum Gasteiger partial charge on any atom is -0.339 e. The number of hydrogen-bond donors (Lipinski definition) is 3. The van der Waals surface area contributed by atoms with Crippen LogP contribution in [0.3, 0.4) is 0 Å². The highest BCUT2D eigenvalue weighted by Gasteiger charge is 2.27. The Morgan fingerprint density at radius 2 is 1.74 bits per heavy atom. The minimum absolute atomic E-state index is 0. The Bertz CT molecular complexity index is 668. The largest absolute Gasteiger partial charge is 0.339 e. The second kappa shape index (κ2) is 8.93. The third-order valence-electron chi connectivity index (χ3n) is 5.45. The number of halogens is 1. The number of carbonyl (C=O) groups is 2. The van der Waals surface area contributed by atoms with Gasteiger partial charge in [-0.05, 0) is 69.2 Å². The number of rotatable bonds is 6. The molecule has 1 aliphatic heterocycles. The van der Waals surface area contributed by atoms with E-state index in [4.69, 9.17) is 0 Å². The molecule has 27 heavy (non-hydrogen) atoms. The third-order valence-corrected chi connectivity index (χ3v) is 5.45.